The van der Waals surface area contributed by atoms with Crippen molar-refractivity contribution < 1.29 is 9.47 Å². The van der Waals surface area contributed by atoms with Crippen LogP contribution in [0.1, 0.15) is 18.5 Å². The molecule has 2 aromatic heterocycles. The normalized spacial score (nSPS) is 22.7. The second-order valence-electron chi connectivity index (χ2n) is 6.18. The Morgan fingerprint density at radius 3 is 2.78 bits per heavy atom. The largest absolute Gasteiger partial charge is 0.460 e. The molecule has 1 atom stereocenters. The lowest BCUT2D eigenvalue weighted by molar-refractivity contribution is -0.127. The summed E-state index contributed by atoms with van der Waals surface area (Å²) in [4.78, 5) is 10.5. The van der Waals surface area contributed by atoms with Crippen LogP contribution >= 0.6 is 0 Å². The van der Waals surface area contributed by atoms with Gasteiger partial charge >= 0.3 is 6.01 Å². The van der Waals surface area contributed by atoms with Crippen molar-refractivity contribution in [1.29, 1.82) is 0 Å². The molecule has 0 aromatic carbocycles. The van der Waals surface area contributed by atoms with Crippen LogP contribution in [0.15, 0.2) is 30.6 Å². The minimum atomic E-state index is -0.149. The summed E-state index contributed by atoms with van der Waals surface area (Å²) in [7, 11) is 0. The van der Waals surface area contributed by atoms with Crippen LogP contribution in [0.25, 0.3) is 0 Å². The quantitative estimate of drug-likeness (QED) is 0.847. The molecule has 2 fully saturated rings. The average Bonchev–Trinajstić information content (AvgIpc) is 2.55. The van der Waals surface area contributed by atoms with Crippen LogP contribution in [0.2, 0.25) is 0 Å². The van der Waals surface area contributed by atoms with Gasteiger partial charge in [0.15, 0.2) is 5.82 Å². The topological polar surface area (TPSA) is 73.3 Å². The van der Waals surface area contributed by atoms with Gasteiger partial charge in [0.05, 0.1) is 25.4 Å². The van der Waals surface area contributed by atoms with E-state index in [0.29, 0.717) is 12.6 Å². The van der Waals surface area contributed by atoms with Crippen molar-refractivity contribution >= 4 is 5.82 Å². The van der Waals surface area contributed by atoms with Gasteiger partial charge in [-0.1, -0.05) is 0 Å². The first-order valence-electron chi connectivity index (χ1n) is 7.85. The van der Waals surface area contributed by atoms with Crippen LogP contribution < -0.4 is 9.64 Å². The summed E-state index contributed by atoms with van der Waals surface area (Å²) in [5.74, 6) is 0.902. The highest BCUT2D eigenvalue weighted by molar-refractivity contribution is 5.43. The molecule has 4 rings (SSSR count). The van der Waals surface area contributed by atoms with E-state index >= 15 is 0 Å². The van der Waals surface area contributed by atoms with Crippen LogP contribution in [0.4, 0.5) is 5.82 Å². The molecular weight excluding hydrogens is 294 g/mol. The van der Waals surface area contributed by atoms with E-state index in [4.69, 9.17) is 9.47 Å². The van der Waals surface area contributed by atoms with E-state index in [0.717, 1.165) is 37.4 Å². The summed E-state index contributed by atoms with van der Waals surface area (Å²) >= 11 is 0. The van der Waals surface area contributed by atoms with E-state index in [1.54, 1.807) is 18.5 Å². The fourth-order valence-corrected chi connectivity index (χ4v) is 3.17. The highest BCUT2D eigenvalue weighted by atomic mass is 16.5. The maximum absolute atomic E-state index is 6.03. The molecule has 2 aliphatic heterocycles. The van der Waals surface area contributed by atoms with E-state index in [9.17, 15) is 0 Å². The SMILES string of the molecule is Cc1ccc(N2CC3(C[C@H](Oc4ncccn4)CCO3)C2)nn1. The molecule has 120 valence electrons. The molecule has 2 aliphatic rings. The first-order valence-corrected chi connectivity index (χ1v) is 7.85. The fraction of sp³-hybridized carbons (Fsp3) is 0.500. The van der Waals surface area contributed by atoms with Crippen molar-refractivity contribution in [1.82, 2.24) is 20.2 Å². The second kappa shape index (κ2) is 5.73. The van der Waals surface area contributed by atoms with Gasteiger partial charge in [0, 0.05) is 25.2 Å². The monoisotopic (exact) mass is 313 g/mol. The van der Waals surface area contributed by atoms with Crippen molar-refractivity contribution in [3.05, 3.63) is 36.3 Å². The lowest BCUT2D eigenvalue weighted by Crippen LogP contribution is -2.66. The van der Waals surface area contributed by atoms with Gasteiger partial charge in [0.25, 0.3) is 0 Å². The molecule has 7 heteroatoms. The number of hydrogen-bond donors (Lipinski definition) is 0. The number of aromatic nitrogens is 4. The molecule has 23 heavy (non-hydrogen) atoms. The standard InChI is InChI=1S/C16H19N5O2/c1-12-3-4-14(20-19-12)21-10-16(11-21)9-13(5-8-22-16)23-15-17-6-2-7-18-15/h2-4,6-7,13H,5,8-11H2,1H3/t13-/m1/s1. The van der Waals surface area contributed by atoms with E-state index < -0.39 is 0 Å². The number of hydrogen-bond acceptors (Lipinski definition) is 7. The molecule has 0 radical (unpaired) electrons. The third-order valence-electron chi connectivity index (χ3n) is 4.33. The maximum Gasteiger partial charge on any atom is 0.316 e. The Morgan fingerprint density at radius 2 is 2.04 bits per heavy atom. The summed E-state index contributed by atoms with van der Waals surface area (Å²) in [5.41, 5.74) is 0.777. The van der Waals surface area contributed by atoms with E-state index in [1.165, 1.54) is 0 Å². The van der Waals surface area contributed by atoms with Crippen molar-refractivity contribution in [2.45, 2.75) is 31.5 Å². The Hall–Kier alpha value is -2.28. The minimum absolute atomic E-state index is 0.0948. The predicted molar refractivity (Wildman–Crippen MR) is 83.3 cm³/mol. The molecule has 1 spiro atoms. The molecule has 7 nitrogen and oxygen atoms in total. The lowest BCUT2D eigenvalue weighted by atomic mass is 9.84. The molecule has 0 amide bonds. The lowest BCUT2D eigenvalue weighted by Gasteiger charge is -2.53. The number of aryl methyl sites for hydroxylation is 1. The van der Waals surface area contributed by atoms with Crippen LogP contribution in [0.3, 0.4) is 0 Å². The molecule has 2 saturated heterocycles. The van der Waals surface area contributed by atoms with E-state index in [1.807, 2.05) is 19.1 Å². The first kappa shape index (κ1) is 14.3. The molecular formula is C16H19N5O2. The van der Waals surface area contributed by atoms with Crippen molar-refractivity contribution in [2.24, 2.45) is 0 Å². The van der Waals surface area contributed by atoms with Gasteiger partial charge in [0.2, 0.25) is 0 Å². The third-order valence-corrected chi connectivity index (χ3v) is 4.33. The van der Waals surface area contributed by atoms with Gasteiger partial charge in [-0.3, -0.25) is 0 Å². The van der Waals surface area contributed by atoms with E-state index in [2.05, 4.69) is 25.1 Å². The molecule has 0 unspecified atom stereocenters. The Morgan fingerprint density at radius 1 is 1.22 bits per heavy atom. The van der Waals surface area contributed by atoms with E-state index in [-0.39, 0.29) is 11.7 Å². The molecule has 2 aromatic rings. The zero-order valence-corrected chi connectivity index (χ0v) is 13.1. The molecule has 0 saturated carbocycles. The van der Waals surface area contributed by atoms with Gasteiger partial charge in [-0.25, -0.2) is 9.97 Å². The smallest absolute Gasteiger partial charge is 0.316 e. The van der Waals surface area contributed by atoms with Crippen LogP contribution in [0, 0.1) is 6.92 Å². The second-order valence-corrected chi connectivity index (χ2v) is 6.18. The Kier molecular flexibility index (Phi) is 3.57. The zero-order valence-electron chi connectivity index (χ0n) is 13.1. The molecule has 4 heterocycles. The molecule has 0 N–H and O–H groups in total. The van der Waals surface area contributed by atoms with Crippen molar-refractivity contribution in [3.63, 3.8) is 0 Å². The minimum Gasteiger partial charge on any atom is -0.460 e. The van der Waals surface area contributed by atoms with Crippen molar-refractivity contribution in [3.8, 4) is 6.01 Å². The first-order chi connectivity index (χ1) is 11.2. The number of nitrogens with zero attached hydrogens (tertiary/aromatic N) is 5. The highest BCUT2D eigenvalue weighted by Gasteiger charge is 2.49. The number of ether oxygens (including phenoxy) is 2. The van der Waals surface area contributed by atoms with Crippen LogP contribution in [-0.2, 0) is 4.74 Å². The summed E-state index contributed by atoms with van der Waals surface area (Å²) in [6, 6.07) is 6.21. The average molecular weight is 313 g/mol. The van der Waals surface area contributed by atoms with Crippen molar-refractivity contribution in [2.75, 3.05) is 24.6 Å². The highest BCUT2D eigenvalue weighted by Crippen LogP contribution is 2.37. The third kappa shape index (κ3) is 2.96. The van der Waals surface area contributed by atoms with Gasteiger partial charge < -0.3 is 14.4 Å². The molecule has 0 bridgehead atoms. The van der Waals surface area contributed by atoms with Gasteiger partial charge in [-0.05, 0) is 25.1 Å². The Labute approximate surface area is 134 Å². The molecule has 0 aliphatic carbocycles. The maximum atomic E-state index is 6.03. The zero-order chi connectivity index (χ0) is 15.7. The summed E-state index contributed by atoms with van der Waals surface area (Å²) in [6.07, 6.45) is 5.19. The summed E-state index contributed by atoms with van der Waals surface area (Å²) in [5, 5.41) is 8.35. The van der Waals surface area contributed by atoms with Gasteiger partial charge in [0.1, 0.15) is 11.7 Å². The summed E-state index contributed by atoms with van der Waals surface area (Å²) in [6.45, 7) is 4.28. The van der Waals surface area contributed by atoms with Crippen LogP contribution in [-0.4, -0.2) is 51.6 Å². The fourth-order valence-electron chi connectivity index (χ4n) is 3.17. The Balaban J connectivity index is 1.38. The number of anilines is 1. The van der Waals surface area contributed by atoms with Gasteiger partial charge in [-0.2, -0.15) is 5.10 Å². The number of rotatable bonds is 3. The summed E-state index contributed by atoms with van der Waals surface area (Å²) < 4.78 is 11.9. The predicted octanol–water partition coefficient (Wildman–Crippen LogP) is 1.39. The van der Waals surface area contributed by atoms with Gasteiger partial charge in [-0.15, -0.1) is 5.10 Å². The Bertz CT molecular complexity index is 658. The van der Waals surface area contributed by atoms with Crippen LogP contribution in [0.5, 0.6) is 6.01 Å².